The Labute approximate surface area is 106 Å². The molecular weight excluding hydrogens is 236 g/mol. The minimum absolute atomic E-state index is 0.189. The first kappa shape index (κ1) is 12.4. The smallest absolute Gasteiger partial charge is 0.0590 e. The zero-order valence-electron chi connectivity index (χ0n) is 9.93. The Morgan fingerprint density at radius 1 is 1.56 bits per heavy atom. The lowest BCUT2D eigenvalue weighted by molar-refractivity contribution is 0.171. The van der Waals surface area contributed by atoms with Gasteiger partial charge >= 0.3 is 0 Å². The van der Waals surface area contributed by atoms with E-state index >= 15 is 0 Å². The molecule has 0 amide bonds. The topological polar surface area (TPSA) is 29.3 Å². The molecule has 2 rings (SSSR count). The minimum Gasteiger partial charge on any atom is -0.326 e. The van der Waals surface area contributed by atoms with Crippen LogP contribution >= 0.6 is 23.1 Å². The van der Waals surface area contributed by atoms with Crippen molar-refractivity contribution in [1.29, 1.82) is 0 Å². The summed E-state index contributed by atoms with van der Waals surface area (Å²) in [7, 11) is 2.23. The summed E-state index contributed by atoms with van der Waals surface area (Å²) in [6, 6.07) is 5.59. The Balaban J connectivity index is 2.12. The maximum Gasteiger partial charge on any atom is 0.0590 e. The number of thioether (sulfide) groups is 1. The number of hydrogen-bond acceptors (Lipinski definition) is 4. The maximum atomic E-state index is 6.15. The summed E-state index contributed by atoms with van der Waals surface area (Å²) in [5.74, 6) is 2.55. The van der Waals surface area contributed by atoms with Gasteiger partial charge in [-0.1, -0.05) is 6.07 Å². The molecule has 2 heterocycles. The van der Waals surface area contributed by atoms with Crippen LogP contribution in [-0.2, 0) is 0 Å². The van der Waals surface area contributed by atoms with Crippen molar-refractivity contribution < 1.29 is 0 Å². The van der Waals surface area contributed by atoms with E-state index in [-0.39, 0.29) is 6.04 Å². The molecule has 1 aliphatic heterocycles. The molecule has 1 aliphatic rings. The van der Waals surface area contributed by atoms with E-state index in [2.05, 4.69) is 48.1 Å². The van der Waals surface area contributed by atoms with Gasteiger partial charge in [0.05, 0.1) is 6.04 Å². The summed E-state index contributed by atoms with van der Waals surface area (Å²) in [6.45, 7) is 2.11. The maximum absolute atomic E-state index is 6.15. The van der Waals surface area contributed by atoms with Crippen LogP contribution in [0.15, 0.2) is 17.5 Å². The monoisotopic (exact) mass is 256 g/mol. The second-order valence-electron chi connectivity index (χ2n) is 4.50. The van der Waals surface area contributed by atoms with Gasteiger partial charge in [0.25, 0.3) is 0 Å². The van der Waals surface area contributed by atoms with Crippen molar-refractivity contribution in [3.05, 3.63) is 22.4 Å². The van der Waals surface area contributed by atoms with Crippen molar-refractivity contribution in [1.82, 2.24) is 4.90 Å². The van der Waals surface area contributed by atoms with Crippen molar-refractivity contribution >= 4 is 23.1 Å². The zero-order valence-corrected chi connectivity index (χ0v) is 11.6. The molecule has 3 atom stereocenters. The van der Waals surface area contributed by atoms with Crippen molar-refractivity contribution in [2.75, 3.05) is 18.6 Å². The Morgan fingerprint density at radius 3 is 2.88 bits per heavy atom. The first-order valence-electron chi connectivity index (χ1n) is 5.79. The second-order valence-corrected chi connectivity index (χ2v) is 6.63. The molecule has 90 valence electrons. The minimum atomic E-state index is 0.189. The molecule has 0 spiro atoms. The van der Waals surface area contributed by atoms with Gasteiger partial charge in [-0.05, 0) is 37.6 Å². The molecule has 1 fully saturated rings. The van der Waals surface area contributed by atoms with Gasteiger partial charge < -0.3 is 5.73 Å². The number of likely N-dealkylation sites (N-methyl/N-ethyl adjacent to an activating group) is 1. The van der Waals surface area contributed by atoms with Crippen LogP contribution in [0, 0.1) is 0 Å². The average molecular weight is 256 g/mol. The highest BCUT2D eigenvalue weighted by molar-refractivity contribution is 7.99. The molecule has 0 aromatic carbocycles. The summed E-state index contributed by atoms with van der Waals surface area (Å²) < 4.78 is 0. The van der Waals surface area contributed by atoms with Crippen LogP contribution in [-0.4, -0.2) is 35.5 Å². The summed E-state index contributed by atoms with van der Waals surface area (Å²) in [5.41, 5.74) is 6.15. The van der Waals surface area contributed by atoms with Crippen LogP contribution in [0.4, 0.5) is 0 Å². The first-order chi connectivity index (χ1) is 7.70. The van der Waals surface area contributed by atoms with Crippen molar-refractivity contribution in [3.8, 4) is 0 Å². The van der Waals surface area contributed by atoms with Gasteiger partial charge in [0.1, 0.15) is 0 Å². The quantitative estimate of drug-likeness (QED) is 0.898. The van der Waals surface area contributed by atoms with Crippen LogP contribution in [0.25, 0.3) is 0 Å². The largest absolute Gasteiger partial charge is 0.326 e. The third kappa shape index (κ3) is 2.62. The Hall–Kier alpha value is -0.0300. The summed E-state index contributed by atoms with van der Waals surface area (Å²) >= 11 is 3.88. The van der Waals surface area contributed by atoms with Crippen molar-refractivity contribution in [2.24, 2.45) is 5.73 Å². The average Bonchev–Trinajstić information content (AvgIpc) is 2.89. The molecule has 1 saturated heterocycles. The first-order valence-corrected chi connectivity index (χ1v) is 7.82. The standard InChI is InChI=1S/C12H20N2S2/c1-9(13)12(11-4-3-6-16-11)14(2)10-5-7-15-8-10/h3-4,6,9-10,12H,5,7-8,13H2,1-2H3. The molecule has 4 heteroatoms. The van der Waals surface area contributed by atoms with E-state index in [1.165, 1.54) is 22.8 Å². The molecule has 0 aliphatic carbocycles. The Kier molecular flexibility index (Phi) is 4.30. The van der Waals surface area contributed by atoms with Crippen LogP contribution in [0.1, 0.15) is 24.3 Å². The van der Waals surface area contributed by atoms with Gasteiger partial charge in [0.15, 0.2) is 0 Å². The highest BCUT2D eigenvalue weighted by Gasteiger charge is 2.29. The van der Waals surface area contributed by atoms with Crippen molar-refractivity contribution in [2.45, 2.75) is 31.5 Å². The number of hydrogen-bond donors (Lipinski definition) is 1. The lowest BCUT2D eigenvalue weighted by atomic mass is 10.0. The third-order valence-corrected chi connectivity index (χ3v) is 5.34. The lowest BCUT2D eigenvalue weighted by Crippen LogP contribution is -2.42. The van der Waals surface area contributed by atoms with Crippen molar-refractivity contribution in [3.63, 3.8) is 0 Å². The zero-order chi connectivity index (χ0) is 11.5. The molecule has 1 aromatic heterocycles. The Morgan fingerprint density at radius 2 is 2.38 bits per heavy atom. The molecular formula is C12H20N2S2. The van der Waals surface area contributed by atoms with Crippen LogP contribution < -0.4 is 5.73 Å². The van der Waals surface area contributed by atoms with E-state index in [1.807, 2.05) is 11.3 Å². The molecule has 1 aromatic rings. The third-order valence-electron chi connectivity index (χ3n) is 3.25. The number of rotatable bonds is 4. The van der Waals surface area contributed by atoms with Gasteiger partial charge in [-0.2, -0.15) is 11.8 Å². The number of nitrogens with two attached hydrogens (primary N) is 1. The molecule has 3 unspecified atom stereocenters. The predicted octanol–water partition coefficient (Wildman–Crippen LogP) is 2.57. The fourth-order valence-electron chi connectivity index (χ4n) is 2.36. The second kappa shape index (κ2) is 5.54. The molecule has 0 radical (unpaired) electrons. The molecule has 0 bridgehead atoms. The van der Waals surface area contributed by atoms with Gasteiger partial charge in [-0.15, -0.1) is 11.3 Å². The van der Waals surface area contributed by atoms with E-state index < -0.39 is 0 Å². The molecule has 16 heavy (non-hydrogen) atoms. The van der Waals surface area contributed by atoms with E-state index in [0.717, 1.165) is 0 Å². The van der Waals surface area contributed by atoms with E-state index in [0.29, 0.717) is 12.1 Å². The SMILES string of the molecule is CC(N)C(c1cccs1)N(C)C1CCSC1. The van der Waals surface area contributed by atoms with E-state index in [9.17, 15) is 0 Å². The summed E-state index contributed by atoms with van der Waals surface area (Å²) in [4.78, 5) is 3.88. The van der Waals surface area contributed by atoms with Crippen LogP contribution in [0.5, 0.6) is 0 Å². The van der Waals surface area contributed by atoms with Gasteiger partial charge in [-0.3, -0.25) is 4.90 Å². The van der Waals surface area contributed by atoms with Gasteiger partial charge in [0.2, 0.25) is 0 Å². The lowest BCUT2D eigenvalue weighted by Gasteiger charge is -2.34. The highest BCUT2D eigenvalue weighted by Crippen LogP contribution is 2.32. The predicted molar refractivity (Wildman–Crippen MR) is 74.2 cm³/mol. The summed E-state index contributed by atoms with van der Waals surface area (Å²) in [6.07, 6.45) is 1.30. The highest BCUT2D eigenvalue weighted by atomic mass is 32.2. The van der Waals surface area contributed by atoms with Gasteiger partial charge in [-0.25, -0.2) is 0 Å². The molecule has 2 N–H and O–H groups in total. The van der Waals surface area contributed by atoms with E-state index in [1.54, 1.807) is 0 Å². The number of thiophene rings is 1. The fourth-order valence-corrected chi connectivity index (χ4v) is 4.63. The Bertz CT molecular complexity index is 305. The van der Waals surface area contributed by atoms with Crippen LogP contribution in [0.3, 0.4) is 0 Å². The fraction of sp³-hybridized carbons (Fsp3) is 0.667. The van der Waals surface area contributed by atoms with E-state index in [4.69, 9.17) is 5.73 Å². The number of nitrogens with zero attached hydrogens (tertiary/aromatic N) is 1. The van der Waals surface area contributed by atoms with Crippen LogP contribution in [0.2, 0.25) is 0 Å². The van der Waals surface area contributed by atoms with Gasteiger partial charge in [0, 0.05) is 22.7 Å². The normalized spacial score (nSPS) is 24.9. The summed E-state index contributed by atoms with van der Waals surface area (Å²) in [5, 5.41) is 2.14. The molecule has 0 saturated carbocycles. The molecule has 2 nitrogen and oxygen atoms in total.